The molecule has 0 N–H and O–H groups in total. The molecule has 2 aromatic carbocycles. The maximum Gasteiger partial charge on any atom is 0.344 e. The maximum absolute atomic E-state index is 12.8. The zero-order chi connectivity index (χ0) is 23.8. The van der Waals surface area contributed by atoms with E-state index in [1.807, 2.05) is 6.07 Å². The Hall–Kier alpha value is -2.98. The van der Waals surface area contributed by atoms with Gasteiger partial charge in [-0.2, -0.15) is 0 Å². The predicted octanol–water partition coefficient (Wildman–Crippen LogP) is 4.51. The molecule has 0 bridgehead atoms. The van der Waals surface area contributed by atoms with E-state index in [2.05, 4.69) is 15.9 Å². The molecule has 2 aromatic rings. The predicted molar refractivity (Wildman–Crippen MR) is 127 cm³/mol. The van der Waals surface area contributed by atoms with Gasteiger partial charge in [-0.25, -0.2) is 4.79 Å². The highest BCUT2D eigenvalue weighted by atomic mass is 79.9. The van der Waals surface area contributed by atoms with Gasteiger partial charge >= 0.3 is 5.97 Å². The number of esters is 1. The van der Waals surface area contributed by atoms with Crippen molar-refractivity contribution in [3.05, 3.63) is 57.4 Å². The number of thioether (sulfide) groups is 1. The number of imide groups is 1. The largest absolute Gasteiger partial charge is 0.493 e. The summed E-state index contributed by atoms with van der Waals surface area (Å²) in [5.74, 6) is 0.556. The van der Waals surface area contributed by atoms with Crippen molar-refractivity contribution in [3.8, 4) is 17.2 Å². The minimum Gasteiger partial charge on any atom is -0.493 e. The summed E-state index contributed by atoms with van der Waals surface area (Å²) in [5, 5.41) is -0.390. The lowest BCUT2D eigenvalue weighted by molar-refractivity contribution is -0.145. The van der Waals surface area contributed by atoms with Gasteiger partial charge < -0.3 is 18.9 Å². The molecule has 33 heavy (non-hydrogen) atoms. The van der Waals surface area contributed by atoms with Crippen LogP contribution < -0.4 is 14.2 Å². The zero-order valence-electron chi connectivity index (χ0n) is 18.0. The van der Waals surface area contributed by atoms with Crippen LogP contribution in [0, 0.1) is 0 Å². The van der Waals surface area contributed by atoms with E-state index in [9.17, 15) is 14.4 Å². The normalized spacial score (nSPS) is 14.5. The highest BCUT2D eigenvalue weighted by Gasteiger charge is 2.35. The minimum absolute atomic E-state index is 0.0881. The number of ether oxygens (including phenoxy) is 4. The molecule has 174 valence electrons. The number of carbonyl (C=O) groups excluding carboxylic acids is 3. The van der Waals surface area contributed by atoms with Gasteiger partial charge in [0.25, 0.3) is 11.1 Å². The molecule has 0 unspecified atom stereocenters. The fraction of sp³-hybridized carbons (Fsp3) is 0.261. The molecule has 0 radical (unpaired) electrons. The van der Waals surface area contributed by atoms with E-state index in [-0.39, 0.29) is 36.5 Å². The first-order valence-corrected chi connectivity index (χ1v) is 11.6. The standard InChI is InChI=1S/C23H22BrNO7S/c1-3-30-21(26)14-32-17-9-8-16(24)12-15(17)13-20-22(27)25(23(28)33-20)10-11-31-19-7-5-4-6-18(19)29-2/h4-9,12-13H,3,10-11,14H2,1-2H3/b20-13-. The Balaban J connectivity index is 1.69. The van der Waals surface area contributed by atoms with Crippen LogP contribution in [-0.4, -0.2) is 55.5 Å². The topological polar surface area (TPSA) is 91.4 Å². The van der Waals surface area contributed by atoms with Crippen molar-refractivity contribution in [1.29, 1.82) is 0 Å². The quantitative estimate of drug-likeness (QED) is 0.324. The van der Waals surface area contributed by atoms with Crippen LogP contribution in [0.5, 0.6) is 17.2 Å². The van der Waals surface area contributed by atoms with Crippen LogP contribution in [-0.2, 0) is 14.3 Å². The summed E-state index contributed by atoms with van der Waals surface area (Å²) >= 11 is 4.22. The summed E-state index contributed by atoms with van der Waals surface area (Å²) < 4.78 is 22.1. The zero-order valence-corrected chi connectivity index (χ0v) is 20.4. The SMILES string of the molecule is CCOC(=O)COc1ccc(Br)cc1/C=C1\SC(=O)N(CCOc2ccccc2OC)C1=O. The Morgan fingerprint density at radius 2 is 1.85 bits per heavy atom. The molecular formula is C23H22BrNO7S. The maximum atomic E-state index is 12.8. The monoisotopic (exact) mass is 535 g/mol. The molecular weight excluding hydrogens is 514 g/mol. The van der Waals surface area contributed by atoms with Crippen molar-refractivity contribution < 1.29 is 33.3 Å². The van der Waals surface area contributed by atoms with E-state index in [0.717, 1.165) is 21.1 Å². The Morgan fingerprint density at radius 3 is 2.58 bits per heavy atom. The van der Waals surface area contributed by atoms with Gasteiger partial charge in [0.2, 0.25) is 0 Å². The van der Waals surface area contributed by atoms with E-state index in [0.29, 0.717) is 22.8 Å². The molecule has 0 aromatic heterocycles. The molecule has 1 saturated heterocycles. The lowest BCUT2D eigenvalue weighted by atomic mass is 10.2. The summed E-state index contributed by atoms with van der Waals surface area (Å²) in [7, 11) is 1.54. The van der Waals surface area contributed by atoms with E-state index >= 15 is 0 Å². The van der Waals surface area contributed by atoms with Gasteiger partial charge in [0, 0.05) is 10.0 Å². The second kappa shape index (κ2) is 11.8. The van der Waals surface area contributed by atoms with Crippen LogP contribution in [0.3, 0.4) is 0 Å². The molecule has 0 atom stereocenters. The van der Waals surface area contributed by atoms with Crippen LogP contribution in [0.4, 0.5) is 4.79 Å². The second-order valence-electron chi connectivity index (χ2n) is 6.61. The second-order valence-corrected chi connectivity index (χ2v) is 8.52. The number of carbonyl (C=O) groups is 3. The first-order valence-electron chi connectivity index (χ1n) is 10.0. The molecule has 10 heteroatoms. The van der Waals surface area contributed by atoms with Gasteiger partial charge in [-0.15, -0.1) is 0 Å². The average Bonchev–Trinajstić information content (AvgIpc) is 3.06. The van der Waals surface area contributed by atoms with E-state index < -0.39 is 11.9 Å². The Kier molecular flexibility index (Phi) is 8.79. The first-order chi connectivity index (χ1) is 15.9. The van der Waals surface area contributed by atoms with Crippen LogP contribution in [0.25, 0.3) is 6.08 Å². The lowest BCUT2D eigenvalue weighted by Gasteiger charge is -2.14. The Bertz CT molecular complexity index is 1070. The van der Waals surface area contributed by atoms with E-state index in [1.54, 1.807) is 49.4 Å². The lowest BCUT2D eigenvalue weighted by Crippen LogP contribution is -2.32. The summed E-state index contributed by atoms with van der Waals surface area (Å²) in [4.78, 5) is 38.3. The molecule has 3 rings (SSSR count). The smallest absolute Gasteiger partial charge is 0.344 e. The molecule has 0 spiro atoms. The van der Waals surface area contributed by atoms with Gasteiger partial charge in [0.1, 0.15) is 12.4 Å². The third kappa shape index (κ3) is 6.52. The Labute approximate surface area is 203 Å². The average molecular weight is 536 g/mol. The molecule has 8 nitrogen and oxygen atoms in total. The number of nitrogens with zero attached hydrogens (tertiary/aromatic N) is 1. The molecule has 1 heterocycles. The van der Waals surface area contributed by atoms with Crippen molar-refractivity contribution in [2.24, 2.45) is 0 Å². The Morgan fingerprint density at radius 1 is 1.09 bits per heavy atom. The molecule has 1 aliphatic heterocycles. The number of benzene rings is 2. The van der Waals surface area contributed by atoms with Crippen LogP contribution in [0.1, 0.15) is 12.5 Å². The fourth-order valence-electron chi connectivity index (χ4n) is 2.92. The minimum atomic E-state index is -0.498. The molecule has 1 fully saturated rings. The van der Waals surface area contributed by atoms with Crippen molar-refractivity contribution in [1.82, 2.24) is 4.90 Å². The van der Waals surface area contributed by atoms with Crippen molar-refractivity contribution in [2.45, 2.75) is 6.92 Å². The number of amides is 2. The van der Waals surface area contributed by atoms with Gasteiger partial charge in [-0.1, -0.05) is 28.1 Å². The van der Waals surface area contributed by atoms with E-state index in [4.69, 9.17) is 18.9 Å². The first kappa shape index (κ1) is 24.7. The summed E-state index contributed by atoms with van der Waals surface area (Å²) in [6.07, 6.45) is 1.57. The number of hydrogen-bond acceptors (Lipinski definition) is 8. The van der Waals surface area contributed by atoms with Crippen molar-refractivity contribution >= 4 is 50.9 Å². The number of halogens is 1. The summed E-state index contributed by atoms with van der Waals surface area (Å²) in [5.41, 5.74) is 0.546. The molecule has 0 saturated carbocycles. The van der Waals surface area contributed by atoms with Gasteiger partial charge in [0.15, 0.2) is 18.1 Å². The molecule has 0 aliphatic carbocycles. The van der Waals surface area contributed by atoms with Crippen molar-refractivity contribution in [2.75, 3.05) is 33.5 Å². The summed E-state index contributed by atoms with van der Waals surface area (Å²) in [6, 6.07) is 12.3. The van der Waals surface area contributed by atoms with Crippen LogP contribution in [0.2, 0.25) is 0 Å². The van der Waals surface area contributed by atoms with E-state index in [1.165, 1.54) is 7.11 Å². The number of hydrogen-bond donors (Lipinski definition) is 0. The third-order valence-electron chi connectivity index (χ3n) is 4.42. The molecule has 1 aliphatic rings. The summed E-state index contributed by atoms with van der Waals surface area (Å²) in [6.45, 7) is 1.91. The van der Waals surface area contributed by atoms with Gasteiger partial charge in [-0.3, -0.25) is 14.5 Å². The van der Waals surface area contributed by atoms with Crippen molar-refractivity contribution in [3.63, 3.8) is 0 Å². The van der Waals surface area contributed by atoms with Crippen LogP contribution >= 0.6 is 27.7 Å². The van der Waals surface area contributed by atoms with Crippen LogP contribution in [0.15, 0.2) is 51.8 Å². The number of para-hydroxylation sites is 2. The van der Waals surface area contributed by atoms with Gasteiger partial charge in [-0.05, 0) is 55.1 Å². The highest BCUT2D eigenvalue weighted by Crippen LogP contribution is 2.35. The third-order valence-corrected chi connectivity index (χ3v) is 5.83. The highest BCUT2D eigenvalue weighted by molar-refractivity contribution is 9.10. The fourth-order valence-corrected chi connectivity index (χ4v) is 4.16. The van der Waals surface area contributed by atoms with Gasteiger partial charge in [0.05, 0.1) is 25.2 Å². The number of methoxy groups -OCH3 is 1. The number of rotatable bonds is 10. The molecule has 2 amide bonds.